The average molecular weight is 284 g/mol. The molecule has 1 amide bonds. The van der Waals surface area contributed by atoms with Crippen LogP contribution in [0, 0.1) is 5.41 Å². The third-order valence-electron chi connectivity index (χ3n) is 4.07. The molecule has 3 N–H and O–H groups in total. The first-order valence-electron chi connectivity index (χ1n) is 7.15. The fourth-order valence-corrected chi connectivity index (χ4v) is 2.73. The van der Waals surface area contributed by atoms with Gasteiger partial charge in [-0.25, -0.2) is 4.98 Å². The Morgan fingerprint density at radius 1 is 1.48 bits per heavy atom. The van der Waals surface area contributed by atoms with Crippen molar-refractivity contribution < 1.29 is 4.79 Å². The number of nitrogens with one attached hydrogen (secondary N) is 1. The van der Waals surface area contributed by atoms with Crippen molar-refractivity contribution in [3.63, 3.8) is 0 Å². The van der Waals surface area contributed by atoms with Crippen LogP contribution in [0.5, 0.6) is 0 Å². The molecule has 1 aliphatic heterocycles. The summed E-state index contributed by atoms with van der Waals surface area (Å²) in [5.74, 6) is -0.307. The molecule has 21 heavy (non-hydrogen) atoms. The molecule has 1 aromatic heterocycles. The summed E-state index contributed by atoms with van der Waals surface area (Å²) in [6.45, 7) is 5.19. The Labute approximate surface area is 124 Å². The molecule has 0 fully saturated rings. The lowest BCUT2D eigenvalue weighted by Gasteiger charge is -2.22. The molecule has 1 aromatic carbocycles. The summed E-state index contributed by atoms with van der Waals surface area (Å²) in [6, 6.07) is 6.30. The van der Waals surface area contributed by atoms with Gasteiger partial charge in [0.15, 0.2) is 0 Å². The van der Waals surface area contributed by atoms with E-state index >= 15 is 0 Å². The number of aromatic nitrogens is 2. The van der Waals surface area contributed by atoms with Gasteiger partial charge < -0.3 is 15.6 Å². The number of benzene rings is 1. The Bertz CT molecular complexity index is 687. The molecule has 1 aliphatic rings. The average Bonchev–Trinajstić information content (AvgIpc) is 3.06. The fraction of sp³-hybridized carbons (Fsp3) is 0.375. The Balaban J connectivity index is 2.01. The number of carbonyl (C=O) groups excluding carboxylic acids is 1. The number of carbonyl (C=O) groups is 1. The molecule has 110 valence electrons. The van der Waals surface area contributed by atoms with Crippen LogP contribution >= 0.6 is 0 Å². The molecule has 2 aromatic rings. The molecule has 0 saturated carbocycles. The van der Waals surface area contributed by atoms with E-state index < -0.39 is 5.41 Å². The first-order valence-corrected chi connectivity index (χ1v) is 7.15. The lowest BCUT2D eigenvalue weighted by atomic mass is 9.92. The van der Waals surface area contributed by atoms with Gasteiger partial charge >= 0.3 is 0 Å². The number of nitrogens with two attached hydrogens (primary N) is 1. The maximum absolute atomic E-state index is 11.6. The number of hydrogen-bond donors (Lipinski definition) is 2. The van der Waals surface area contributed by atoms with Gasteiger partial charge in [-0.05, 0) is 25.8 Å². The minimum Gasteiger partial charge on any atom is -0.384 e. The molecule has 2 heterocycles. The minimum absolute atomic E-state index is 0.307. The summed E-state index contributed by atoms with van der Waals surface area (Å²) in [5, 5.41) is 3.44. The molecule has 0 spiro atoms. The van der Waals surface area contributed by atoms with E-state index in [-0.39, 0.29) is 5.91 Å². The van der Waals surface area contributed by atoms with Crippen molar-refractivity contribution >= 4 is 11.6 Å². The number of rotatable bonds is 4. The van der Waals surface area contributed by atoms with Crippen LogP contribution in [0.25, 0.3) is 11.3 Å². The zero-order chi connectivity index (χ0) is 15.0. The molecule has 0 unspecified atom stereocenters. The van der Waals surface area contributed by atoms with Gasteiger partial charge in [0.25, 0.3) is 0 Å². The number of primary amides is 1. The molecule has 0 atom stereocenters. The number of fused-ring (bicyclic) bond motifs is 1. The third kappa shape index (κ3) is 2.39. The molecule has 0 bridgehead atoms. The van der Waals surface area contributed by atoms with Crippen molar-refractivity contribution in [2.75, 3.05) is 11.9 Å². The van der Waals surface area contributed by atoms with Crippen LogP contribution in [0.15, 0.2) is 30.7 Å². The third-order valence-corrected chi connectivity index (χ3v) is 4.07. The van der Waals surface area contributed by atoms with Crippen LogP contribution < -0.4 is 11.1 Å². The number of nitrogens with zero attached hydrogens (tertiary/aromatic N) is 2. The normalized spacial score (nSPS) is 13.8. The van der Waals surface area contributed by atoms with E-state index in [1.165, 1.54) is 11.3 Å². The monoisotopic (exact) mass is 284 g/mol. The summed E-state index contributed by atoms with van der Waals surface area (Å²) >= 11 is 0. The van der Waals surface area contributed by atoms with Crippen molar-refractivity contribution in [1.82, 2.24) is 9.55 Å². The second kappa shape index (κ2) is 4.91. The molecular formula is C16H20N4O. The quantitative estimate of drug-likeness (QED) is 0.902. The molecule has 0 radical (unpaired) electrons. The van der Waals surface area contributed by atoms with Crippen molar-refractivity contribution in [3.05, 3.63) is 36.3 Å². The van der Waals surface area contributed by atoms with Crippen molar-refractivity contribution in [2.24, 2.45) is 11.1 Å². The smallest absolute Gasteiger partial charge is 0.224 e. The van der Waals surface area contributed by atoms with Gasteiger partial charge in [0.2, 0.25) is 5.91 Å². The predicted octanol–water partition coefficient (Wildman–Crippen LogP) is 2.03. The minimum atomic E-state index is -0.610. The van der Waals surface area contributed by atoms with Gasteiger partial charge in [0.1, 0.15) is 0 Å². The molecule has 0 saturated heterocycles. The highest BCUT2D eigenvalue weighted by Gasteiger charge is 2.27. The highest BCUT2D eigenvalue weighted by molar-refractivity contribution is 5.81. The standard InChI is InChI=1S/C16H20N4O/c1-16(2,15(17)21)9-20-10-18-8-13(20)12-5-3-4-11-6-7-19-14(11)12/h3-5,8,10,19H,6-7,9H2,1-2H3,(H2,17,21). The van der Waals surface area contributed by atoms with Crippen LogP contribution in [-0.4, -0.2) is 22.0 Å². The lowest BCUT2D eigenvalue weighted by Crippen LogP contribution is -2.35. The van der Waals surface area contributed by atoms with Gasteiger partial charge in [-0.1, -0.05) is 18.2 Å². The molecule has 0 aliphatic carbocycles. The SMILES string of the molecule is CC(C)(Cn1cncc1-c1cccc2c1NCC2)C(N)=O. The zero-order valence-corrected chi connectivity index (χ0v) is 12.4. The number of hydrogen-bond acceptors (Lipinski definition) is 3. The van der Waals surface area contributed by atoms with E-state index in [0.29, 0.717) is 6.54 Å². The number of anilines is 1. The predicted molar refractivity (Wildman–Crippen MR) is 82.8 cm³/mol. The van der Waals surface area contributed by atoms with E-state index in [2.05, 4.69) is 28.5 Å². The van der Waals surface area contributed by atoms with E-state index in [1.54, 1.807) is 6.33 Å². The lowest BCUT2D eigenvalue weighted by molar-refractivity contribution is -0.126. The number of imidazole rings is 1. The first kappa shape index (κ1) is 13.7. The van der Waals surface area contributed by atoms with Gasteiger partial charge in [-0.2, -0.15) is 0 Å². The Kier molecular flexibility index (Phi) is 3.20. The fourth-order valence-electron chi connectivity index (χ4n) is 2.73. The maximum Gasteiger partial charge on any atom is 0.224 e. The van der Waals surface area contributed by atoms with E-state index in [4.69, 9.17) is 5.73 Å². The second-order valence-corrected chi connectivity index (χ2v) is 6.17. The summed E-state index contributed by atoms with van der Waals surface area (Å²) in [6.07, 6.45) is 4.64. The first-order chi connectivity index (χ1) is 9.99. The van der Waals surface area contributed by atoms with Crippen LogP contribution in [0.3, 0.4) is 0 Å². The molecule has 3 rings (SSSR count). The van der Waals surface area contributed by atoms with E-state index in [0.717, 1.165) is 24.2 Å². The van der Waals surface area contributed by atoms with Crippen molar-refractivity contribution in [3.8, 4) is 11.3 Å². The summed E-state index contributed by atoms with van der Waals surface area (Å²) < 4.78 is 2.00. The van der Waals surface area contributed by atoms with Gasteiger partial charge in [0.05, 0.1) is 23.6 Å². The van der Waals surface area contributed by atoms with Crippen LogP contribution in [0.1, 0.15) is 19.4 Å². The van der Waals surface area contributed by atoms with Gasteiger partial charge in [-0.3, -0.25) is 4.79 Å². The Morgan fingerprint density at radius 3 is 3.05 bits per heavy atom. The molecular weight excluding hydrogens is 264 g/mol. The second-order valence-electron chi connectivity index (χ2n) is 6.17. The zero-order valence-electron chi connectivity index (χ0n) is 12.4. The topological polar surface area (TPSA) is 72.9 Å². The van der Waals surface area contributed by atoms with Crippen LogP contribution in [0.2, 0.25) is 0 Å². The van der Waals surface area contributed by atoms with Crippen LogP contribution in [0.4, 0.5) is 5.69 Å². The van der Waals surface area contributed by atoms with Crippen LogP contribution in [-0.2, 0) is 17.8 Å². The molecule has 5 heteroatoms. The van der Waals surface area contributed by atoms with E-state index in [9.17, 15) is 4.79 Å². The summed E-state index contributed by atoms with van der Waals surface area (Å²) in [5.41, 5.74) is 9.51. The van der Waals surface area contributed by atoms with Crippen molar-refractivity contribution in [2.45, 2.75) is 26.8 Å². The number of para-hydroxylation sites is 1. The highest BCUT2D eigenvalue weighted by Crippen LogP contribution is 2.35. The largest absolute Gasteiger partial charge is 0.384 e. The van der Waals surface area contributed by atoms with Gasteiger partial charge in [0, 0.05) is 24.3 Å². The highest BCUT2D eigenvalue weighted by atomic mass is 16.1. The van der Waals surface area contributed by atoms with Gasteiger partial charge in [-0.15, -0.1) is 0 Å². The Hall–Kier alpha value is -2.30. The van der Waals surface area contributed by atoms with E-state index in [1.807, 2.05) is 24.6 Å². The number of amides is 1. The summed E-state index contributed by atoms with van der Waals surface area (Å²) in [4.78, 5) is 15.8. The molecule has 5 nitrogen and oxygen atoms in total. The van der Waals surface area contributed by atoms with Crippen molar-refractivity contribution in [1.29, 1.82) is 0 Å². The summed E-state index contributed by atoms with van der Waals surface area (Å²) in [7, 11) is 0. The Morgan fingerprint density at radius 2 is 2.29 bits per heavy atom. The maximum atomic E-state index is 11.6.